The molecule has 2 heterocycles. The van der Waals surface area contributed by atoms with E-state index in [2.05, 4.69) is 28.3 Å². The molecule has 1 aromatic carbocycles. The van der Waals surface area contributed by atoms with Crippen molar-refractivity contribution in [1.82, 2.24) is 19.7 Å². The van der Waals surface area contributed by atoms with E-state index >= 15 is 0 Å². The summed E-state index contributed by atoms with van der Waals surface area (Å²) < 4.78 is 1.13. The maximum Gasteiger partial charge on any atom is 0.343 e. The number of nitrogens with zero attached hydrogens (tertiary/aromatic N) is 3. The summed E-state index contributed by atoms with van der Waals surface area (Å²) in [7, 11) is 1.51. The lowest BCUT2D eigenvalue weighted by Gasteiger charge is -2.25. The van der Waals surface area contributed by atoms with E-state index in [1.807, 2.05) is 18.2 Å². The number of aromatic nitrogens is 3. The molecule has 6 nitrogen and oxygen atoms in total. The molecule has 21 heavy (non-hydrogen) atoms. The minimum absolute atomic E-state index is 0.0964. The fraction of sp³-hybridized carbons (Fsp3) is 0.267. The molecule has 0 atom stereocenters. The van der Waals surface area contributed by atoms with Crippen LogP contribution >= 0.6 is 0 Å². The van der Waals surface area contributed by atoms with Crippen molar-refractivity contribution in [3.8, 4) is 0 Å². The van der Waals surface area contributed by atoms with Gasteiger partial charge in [-0.3, -0.25) is 9.78 Å². The molecule has 3 rings (SSSR count). The standard InChI is InChI=1S/C15H16N4O2/c1-18-15(21)16-13(17-18)14(20)19-9-7-12(8-10-19)11-5-3-2-4-6-11/h2-7H,8-10H2,1H3,(H,16,17,21). The van der Waals surface area contributed by atoms with Crippen LogP contribution in [0, 0.1) is 0 Å². The van der Waals surface area contributed by atoms with Gasteiger partial charge in [0, 0.05) is 20.1 Å². The average Bonchev–Trinajstić information content (AvgIpc) is 2.87. The largest absolute Gasteiger partial charge is 0.343 e. The van der Waals surface area contributed by atoms with Gasteiger partial charge in [0.2, 0.25) is 5.82 Å². The highest BCUT2D eigenvalue weighted by molar-refractivity contribution is 5.91. The maximum atomic E-state index is 12.3. The van der Waals surface area contributed by atoms with Gasteiger partial charge in [0.05, 0.1) is 0 Å². The van der Waals surface area contributed by atoms with E-state index in [-0.39, 0.29) is 17.4 Å². The topological polar surface area (TPSA) is 71.0 Å². The van der Waals surface area contributed by atoms with Crippen molar-refractivity contribution in [2.24, 2.45) is 7.05 Å². The summed E-state index contributed by atoms with van der Waals surface area (Å²) in [6.07, 6.45) is 2.85. The van der Waals surface area contributed by atoms with Gasteiger partial charge >= 0.3 is 5.69 Å². The zero-order chi connectivity index (χ0) is 14.8. The lowest BCUT2D eigenvalue weighted by molar-refractivity contribution is 0.0760. The molecule has 0 unspecified atom stereocenters. The van der Waals surface area contributed by atoms with E-state index in [4.69, 9.17) is 0 Å². The first-order valence-corrected chi connectivity index (χ1v) is 6.82. The highest BCUT2D eigenvalue weighted by Gasteiger charge is 2.22. The van der Waals surface area contributed by atoms with Gasteiger partial charge < -0.3 is 4.90 Å². The second kappa shape index (κ2) is 5.40. The molecule has 2 aromatic rings. The highest BCUT2D eigenvalue weighted by atomic mass is 16.2. The zero-order valence-corrected chi connectivity index (χ0v) is 11.7. The Hall–Kier alpha value is -2.63. The van der Waals surface area contributed by atoms with Crippen LogP contribution in [0.15, 0.2) is 41.2 Å². The number of hydrogen-bond donors (Lipinski definition) is 1. The molecule has 1 N–H and O–H groups in total. The van der Waals surface area contributed by atoms with Crippen LogP contribution in [-0.4, -0.2) is 38.7 Å². The summed E-state index contributed by atoms with van der Waals surface area (Å²) in [6.45, 7) is 1.15. The first kappa shape index (κ1) is 13.4. The Morgan fingerprint density at radius 2 is 2.05 bits per heavy atom. The monoisotopic (exact) mass is 284 g/mol. The number of H-pyrrole nitrogens is 1. The first-order valence-electron chi connectivity index (χ1n) is 6.82. The number of nitrogens with one attached hydrogen (secondary N) is 1. The van der Waals surface area contributed by atoms with Crippen LogP contribution in [0.2, 0.25) is 0 Å². The third kappa shape index (κ3) is 2.65. The number of rotatable bonds is 2. The smallest absolute Gasteiger partial charge is 0.332 e. The van der Waals surface area contributed by atoms with E-state index in [0.717, 1.165) is 11.1 Å². The van der Waals surface area contributed by atoms with Gasteiger partial charge in [0.15, 0.2) is 0 Å². The van der Waals surface area contributed by atoms with E-state index in [9.17, 15) is 9.59 Å². The molecule has 0 radical (unpaired) electrons. The number of hydrogen-bond acceptors (Lipinski definition) is 3. The molecule has 0 spiro atoms. The van der Waals surface area contributed by atoms with Crippen molar-refractivity contribution in [3.05, 3.63) is 58.3 Å². The Labute approximate surface area is 121 Å². The molecule has 1 aliphatic rings. The van der Waals surface area contributed by atoms with Crippen LogP contribution in [0.1, 0.15) is 22.6 Å². The Morgan fingerprint density at radius 1 is 1.29 bits per heavy atom. The van der Waals surface area contributed by atoms with Crippen LogP contribution in [-0.2, 0) is 7.05 Å². The van der Waals surface area contributed by atoms with Crippen LogP contribution < -0.4 is 5.69 Å². The van der Waals surface area contributed by atoms with Crippen LogP contribution in [0.25, 0.3) is 5.57 Å². The molecule has 0 saturated heterocycles. The lowest BCUT2D eigenvalue weighted by Crippen LogP contribution is -2.35. The Morgan fingerprint density at radius 3 is 2.62 bits per heavy atom. The second-order valence-electron chi connectivity index (χ2n) is 5.00. The highest BCUT2D eigenvalue weighted by Crippen LogP contribution is 2.22. The van der Waals surface area contributed by atoms with Gasteiger partial charge in [-0.2, -0.15) is 0 Å². The summed E-state index contributed by atoms with van der Waals surface area (Å²) in [5.41, 5.74) is 2.06. The number of aromatic amines is 1. The average molecular weight is 284 g/mol. The van der Waals surface area contributed by atoms with Crippen LogP contribution in [0.3, 0.4) is 0 Å². The second-order valence-corrected chi connectivity index (χ2v) is 5.00. The van der Waals surface area contributed by atoms with Crippen molar-refractivity contribution in [2.75, 3.05) is 13.1 Å². The molecule has 108 valence electrons. The molecule has 0 aliphatic carbocycles. The molecule has 1 amide bonds. The molecule has 0 bridgehead atoms. The third-order valence-electron chi connectivity index (χ3n) is 3.61. The summed E-state index contributed by atoms with van der Waals surface area (Å²) in [5.74, 6) is -0.143. The van der Waals surface area contributed by atoms with Gasteiger partial charge in [-0.15, -0.1) is 5.10 Å². The van der Waals surface area contributed by atoms with Gasteiger partial charge in [0.25, 0.3) is 5.91 Å². The molecule has 1 aliphatic heterocycles. The lowest BCUT2D eigenvalue weighted by atomic mass is 9.99. The minimum Gasteiger partial charge on any atom is -0.332 e. The first-order chi connectivity index (χ1) is 10.1. The van der Waals surface area contributed by atoms with Crippen LogP contribution in [0.5, 0.6) is 0 Å². The van der Waals surface area contributed by atoms with Gasteiger partial charge in [-0.05, 0) is 17.6 Å². The quantitative estimate of drug-likeness (QED) is 0.895. The molecular formula is C15H16N4O2. The van der Waals surface area contributed by atoms with Crippen LogP contribution in [0.4, 0.5) is 0 Å². The Kier molecular flexibility index (Phi) is 3.43. The summed E-state index contributed by atoms with van der Waals surface area (Å²) in [6, 6.07) is 10.1. The van der Waals surface area contributed by atoms with Gasteiger partial charge in [-0.25, -0.2) is 9.48 Å². The van der Waals surface area contributed by atoms with E-state index in [1.54, 1.807) is 4.90 Å². The van der Waals surface area contributed by atoms with Crippen molar-refractivity contribution in [1.29, 1.82) is 0 Å². The molecule has 0 saturated carbocycles. The molecular weight excluding hydrogens is 268 g/mol. The van der Waals surface area contributed by atoms with Crippen molar-refractivity contribution >= 4 is 11.5 Å². The normalized spacial score (nSPS) is 14.9. The third-order valence-corrected chi connectivity index (χ3v) is 3.61. The maximum absolute atomic E-state index is 12.3. The molecule has 1 aromatic heterocycles. The predicted molar refractivity (Wildman–Crippen MR) is 78.8 cm³/mol. The Bertz CT molecular complexity index is 743. The van der Waals surface area contributed by atoms with Gasteiger partial charge in [-0.1, -0.05) is 36.4 Å². The number of carbonyl (C=O) groups is 1. The van der Waals surface area contributed by atoms with E-state index < -0.39 is 0 Å². The number of carbonyl (C=O) groups excluding carboxylic acids is 1. The predicted octanol–water partition coefficient (Wildman–Crippen LogP) is 1.04. The summed E-state index contributed by atoms with van der Waals surface area (Å²) in [5, 5.41) is 3.90. The fourth-order valence-corrected chi connectivity index (χ4v) is 2.42. The number of amides is 1. The van der Waals surface area contributed by atoms with Crippen molar-refractivity contribution in [3.63, 3.8) is 0 Å². The fourth-order valence-electron chi connectivity index (χ4n) is 2.42. The molecule has 6 heteroatoms. The summed E-state index contributed by atoms with van der Waals surface area (Å²) >= 11 is 0. The number of benzene rings is 1. The zero-order valence-electron chi connectivity index (χ0n) is 11.7. The summed E-state index contributed by atoms with van der Waals surface area (Å²) in [4.78, 5) is 27.7. The van der Waals surface area contributed by atoms with Gasteiger partial charge in [0.1, 0.15) is 0 Å². The number of aryl methyl sites for hydroxylation is 1. The van der Waals surface area contributed by atoms with Crippen molar-refractivity contribution < 1.29 is 4.79 Å². The van der Waals surface area contributed by atoms with E-state index in [1.165, 1.54) is 18.2 Å². The van der Waals surface area contributed by atoms with Crippen molar-refractivity contribution in [2.45, 2.75) is 6.42 Å². The minimum atomic E-state index is -0.379. The molecule has 0 fully saturated rings. The Balaban J connectivity index is 1.74. The van der Waals surface area contributed by atoms with E-state index in [0.29, 0.717) is 13.1 Å². The SMILES string of the molecule is Cn1nc(C(=O)N2CC=C(c3ccccc3)CC2)[nH]c1=O.